The number of imidazole rings is 1. The number of hydrogen-bond acceptors (Lipinski definition) is 2. The third-order valence-corrected chi connectivity index (χ3v) is 4.54. The fourth-order valence-corrected chi connectivity index (χ4v) is 2.97. The normalized spacial score (nSPS) is 13.3. The molecule has 1 heterocycles. The molecule has 1 aromatic heterocycles. The Bertz CT molecular complexity index is 935. The van der Waals surface area contributed by atoms with Crippen LogP contribution in [0.2, 0.25) is 0 Å². The Balaban J connectivity index is 1.94. The van der Waals surface area contributed by atoms with Crippen molar-refractivity contribution in [1.29, 1.82) is 0 Å². The Kier molecular flexibility index (Phi) is 5.11. The lowest BCUT2D eigenvalue weighted by atomic mass is 9.99. The third-order valence-electron chi connectivity index (χ3n) is 4.10. The number of hydrogen-bond donors (Lipinski definition) is 2. The molecule has 0 spiro atoms. The first-order chi connectivity index (χ1) is 12.6. The van der Waals surface area contributed by atoms with Crippen molar-refractivity contribution in [1.82, 2.24) is 9.97 Å². The molecule has 0 saturated carbocycles. The van der Waals surface area contributed by atoms with Crippen LogP contribution in [0.3, 0.4) is 0 Å². The summed E-state index contributed by atoms with van der Waals surface area (Å²) in [6.45, 7) is 0. The first-order valence-electron chi connectivity index (χ1n) is 7.62. The topological polar surface area (TPSA) is 28.7 Å². The van der Waals surface area contributed by atoms with Crippen LogP contribution in [-0.2, 0) is 12.6 Å². The standard InChI is InChI=1S/C17H11F7N2S/c18-10-11(19)13(21)15-14(12(10)20)25-16(26-15)8(6-27)5-7-1-3-9(4-2-7)17(22,23)24/h1-4,8,27H,5-6H2,(H,25,26)/t8-/m1/s1. The highest BCUT2D eigenvalue weighted by Gasteiger charge is 2.30. The molecule has 1 atom stereocenters. The van der Waals surface area contributed by atoms with Gasteiger partial charge >= 0.3 is 6.18 Å². The Morgan fingerprint density at radius 2 is 1.52 bits per heavy atom. The van der Waals surface area contributed by atoms with Gasteiger partial charge in [0.05, 0.1) is 5.56 Å². The number of alkyl halides is 3. The molecular weight excluding hydrogens is 397 g/mol. The number of aromatic nitrogens is 2. The smallest absolute Gasteiger partial charge is 0.339 e. The zero-order valence-corrected chi connectivity index (χ0v) is 14.2. The summed E-state index contributed by atoms with van der Waals surface area (Å²) >= 11 is 4.12. The molecule has 2 nitrogen and oxygen atoms in total. The largest absolute Gasteiger partial charge is 0.416 e. The van der Waals surface area contributed by atoms with Crippen LogP contribution in [0, 0.1) is 23.3 Å². The summed E-state index contributed by atoms with van der Waals surface area (Å²) < 4.78 is 92.2. The van der Waals surface area contributed by atoms with E-state index in [1.165, 1.54) is 12.1 Å². The van der Waals surface area contributed by atoms with Crippen LogP contribution in [0.1, 0.15) is 22.9 Å². The fourth-order valence-electron chi connectivity index (χ4n) is 2.67. The molecule has 144 valence electrons. The summed E-state index contributed by atoms with van der Waals surface area (Å²) in [6.07, 6.45) is -4.32. The van der Waals surface area contributed by atoms with Crippen molar-refractivity contribution in [3.05, 3.63) is 64.5 Å². The quantitative estimate of drug-likeness (QED) is 0.258. The van der Waals surface area contributed by atoms with Crippen LogP contribution in [0.4, 0.5) is 30.7 Å². The van der Waals surface area contributed by atoms with E-state index in [2.05, 4.69) is 22.6 Å². The third kappa shape index (κ3) is 3.62. The second-order valence-corrected chi connectivity index (χ2v) is 6.25. The predicted molar refractivity (Wildman–Crippen MR) is 87.7 cm³/mol. The Morgan fingerprint density at radius 3 is 2.07 bits per heavy atom. The maximum Gasteiger partial charge on any atom is 0.416 e. The van der Waals surface area contributed by atoms with Crippen molar-refractivity contribution in [3.63, 3.8) is 0 Å². The number of benzene rings is 2. The fraction of sp³-hybridized carbons (Fsp3) is 0.235. The lowest BCUT2D eigenvalue weighted by molar-refractivity contribution is -0.137. The summed E-state index contributed by atoms with van der Waals surface area (Å²) in [7, 11) is 0. The van der Waals surface area contributed by atoms with E-state index in [9.17, 15) is 30.7 Å². The summed E-state index contributed by atoms with van der Waals surface area (Å²) in [5.41, 5.74) is -1.63. The lowest BCUT2D eigenvalue weighted by Gasteiger charge is -2.13. The number of nitrogens with zero attached hydrogens (tertiary/aromatic N) is 1. The van der Waals surface area contributed by atoms with Gasteiger partial charge in [-0.2, -0.15) is 25.8 Å². The molecule has 27 heavy (non-hydrogen) atoms. The van der Waals surface area contributed by atoms with E-state index in [1.54, 1.807) is 0 Å². The average Bonchev–Trinajstić information content (AvgIpc) is 3.07. The molecule has 0 aliphatic rings. The van der Waals surface area contributed by atoms with Crippen LogP contribution >= 0.6 is 12.6 Å². The van der Waals surface area contributed by atoms with Gasteiger partial charge in [-0.3, -0.25) is 0 Å². The van der Waals surface area contributed by atoms with Crippen molar-refractivity contribution in [3.8, 4) is 0 Å². The second kappa shape index (κ2) is 7.06. The summed E-state index contributed by atoms with van der Waals surface area (Å²) in [5, 5.41) is 0. The van der Waals surface area contributed by atoms with E-state index in [-0.39, 0.29) is 18.0 Å². The van der Waals surface area contributed by atoms with Crippen LogP contribution in [-0.4, -0.2) is 15.7 Å². The van der Waals surface area contributed by atoms with E-state index < -0.39 is 52.0 Å². The van der Waals surface area contributed by atoms with Crippen molar-refractivity contribution in [2.24, 2.45) is 0 Å². The molecule has 0 radical (unpaired) electrons. The Hall–Kier alpha value is -2.23. The molecule has 0 aliphatic heterocycles. The minimum Gasteiger partial charge on any atom is -0.339 e. The number of rotatable bonds is 4. The Morgan fingerprint density at radius 1 is 0.926 bits per heavy atom. The van der Waals surface area contributed by atoms with Crippen molar-refractivity contribution in [2.45, 2.75) is 18.5 Å². The van der Waals surface area contributed by atoms with E-state index >= 15 is 0 Å². The van der Waals surface area contributed by atoms with Gasteiger partial charge in [0.2, 0.25) is 0 Å². The minimum absolute atomic E-state index is 0.0164. The first kappa shape index (κ1) is 19.5. The molecule has 0 bridgehead atoms. The van der Waals surface area contributed by atoms with Crippen LogP contribution in [0.5, 0.6) is 0 Å². The maximum absolute atomic E-state index is 13.8. The van der Waals surface area contributed by atoms with Crippen molar-refractivity contribution in [2.75, 3.05) is 5.75 Å². The molecule has 1 N–H and O–H groups in total. The number of fused-ring (bicyclic) bond motifs is 1. The van der Waals surface area contributed by atoms with Gasteiger partial charge in [-0.05, 0) is 24.1 Å². The molecule has 0 saturated heterocycles. The summed E-state index contributed by atoms with van der Waals surface area (Å²) in [6, 6.07) is 4.35. The van der Waals surface area contributed by atoms with Gasteiger partial charge in [0, 0.05) is 11.7 Å². The SMILES string of the molecule is Fc1c(F)c(F)c2[nH]c([C@@H](CS)Cc3ccc(C(F)(F)F)cc3)nc2c1F. The van der Waals surface area contributed by atoms with Gasteiger partial charge in [-0.1, -0.05) is 12.1 Å². The zero-order chi connectivity index (χ0) is 19.9. The van der Waals surface area contributed by atoms with Gasteiger partial charge < -0.3 is 4.98 Å². The van der Waals surface area contributed by atoms with Crippen LogP contribution < -0.4 is 0 Å². The lowest BCUT2D eigenvalue weighted by Crippen LogP contribution is -2.08. The molecule has 0 aliphatic carbocycles. The highest BCUT2D eigenvalue weighted by atomic mass is 32.1. The highest BCUT2D eigenvalue weighted by molar-refractivity contribution is 7.80. The van der Waals surface area contributed by atoms with E-state index in [0.29, 0.717) is 5.56 Å². The van der Waals surface area contributed by atoms with Gasteiger partial charge in [-0.15, -0.1) is 0 Å². The minimum atomic E-state index is -4.47. The molecule has 0 fully saturated rings. The van der Waals surface area contributed by atoms with E-state index in [4.69, 9.17) is 0 Å². The summed E-state index contributed by atoms with van der Waals surface area (Å²) in [5.74, 6) is -7.60. The second-order valence-electron chi connectivity index (χ2n) is 5.88. The maximum atomic E-state index is 13.8. The number of aromatic amines is 1. The van der Waals surface area contributed by atoms with Crippen molar-refractivity contribution >= 4 is 23.7 Å². The molecule has 0 unspecified atom stereocenters. The monoisotopic (exact) mass is 408 g/mol. The zero-order valence-electron chi connectivity index (χ0n) is 13.3. The number of nitrogens with one attached hydrogen (secondary N) is 1. The molecule has 3 rings (SSSR count). The number of halogens is 7. The number of thiol groups is 1. The van der Waals surface area contributed by atoms with E-state index in [1.807, 2.05) is 0 Å². The number of H-pyrrole nitrogens is 1. The molecule has 10 heteroatoms. The van der Waals surface area contributed by atoms with Crippen LogP contribution in [0.25, 0.3) is 11.0 Å². The van der Waals surface area contributed by atoms with Gasteiger partial charge in [-0.25, -0.2) is 22.5 Å². The molecule has 0 amide bonds. The predicted octanol–water partition coefficient (Wildman–Crippen LogP) is 5.39. The molecule has 2 aromatic carbocycles. The average molecular weight is 408 g/mol. The molecular formula is C17H11F7N2S. The summed E-state index contributed by atoms with van der Waals surface area (Å²) in [4.78, 5) is 6.21. The van der Waals surface area contributed by atoms with Gasteiger partial charge in [0.25, 0.3) is 0 Å². The van der Waals surface area contributed by atoms with Gasteiger partial charge in [0.15, 0.2) is 23.3 Å². The Labute approximate surface area is 153 Å². The first-order valence-corrected chi connectivity index (χ1v) is 8.25. The van der Waals surface area contributed by atoms with Crippen molar-refractivity contribution < 1.29 is 30.7 Å². The van der Waals surface area contributed by atoms with Gasteiger partial charge in [0.1, 0.15) is 16.9 Å². The van der Waals surface area contributed by atoms with Crippen LogP contribution in [0.15, 0.2) is 24.3 Å². The van der Waals surface area contributed by atoms with E-state index in [0.717, 1.165) is 12.1 Å². The molecule has 3 aromatic rings. The highest BCUT2D eigenvalue weighted by Crippen LogP contribution is 2.31.